The number of aliphatic hydroxyl groups is 1. The highest BCUT2D eigenvalue weighted by Crippen LogP contribution is 2.24. The molecule has 1 aromatic rings. The molecule has 0 saturated carbocycles. The normalized spacial score (nSPS) is 16.3. The first-order valence-electron chi connectivity index (χ1n) is 7.57. The van der Waals surface area contributed by atoms with Crippen LogP contribution in [0.2, 0.25) is 0 Å². The lowest BCUT2D eigenvalue weighted by Crippen LogP contribution is -2.38. The summed E-state index contributed by atoms with van der Waals surface area (Å²) in [4.78, 5) is 26.4. The largest absolute Gasteiger partial charge is 0.393 e. The predicted octanol–water partition coefficient (Wildman–Crippen LogP) is 0.860. The van der Waals surface area contributed by atoms with Gasteiger partial charge in [-0.1, -0.05) is 6.07 Å². The molecule has 128 valence electrons. The summed E-state index contributed by atoms with van der Waals surface area (Å²) in [6.07, 6.45) is 3.67. The number of nitrogens with zero attached hydrogens (tertiary/aromatic N) is 1. The van der Waals surface area contributed by atoms with E-state index in [2.05, 4.69) is 4.98 Å². The van der Waals surface area contributed by atoms with Gasteiger partial charge in [0.25, 0.3) is 5.91 Å². The second-order valence-corrected chi connectivity index (χ2v) is 5.99. The Balaban J connectivity index is 2.48. The van der Waals surface area contributed by atoms with Crippen molar-refractivity contribution in [1.29, 1.82) is 0 Å². The molecule has 0 aliphatic heterocycles. The van der Waals surface area contributed by atoms with Crippen molar-refractivity contribution >= 4 is 11.8 Å². The van der Waals surface area contributed by atoms with Crippen molar-refractivity contribution in [3.8, 4) is 0 Å². The van der Waals surface area contributed by atoms with E-state index in [-0.39, 0.29) is 19.3 Å². The zero-order valence-corrected chi connectivity index (χ0v) is 13.2. The van der Waals surface area contributed by atoms with Crippen LogP contribution in [0, 0.1) is 5.92 Å². The number of aliphatic hydroxyl groups excluding tert-OH is 1. The van der Waals surface area contributed by atoms with Crippen molar-refractivity contribution < 1.29 is 19.1 Å². The summed E-state index contributed by atoms with van der Waals surface area (Å²) in [5.41, 5.74) is 9.05. The number of carbonyl (C=O) groups excluding carboxylic acids is 2. The first kappa shape index (κ1) is 19.0. The van der Waals surface area contributed by atoms with Crippen LogP contribution in [0.5, 0.6) is 0 Å². The summed E-state index contributed by atoms with van der Waals surface area (Å²) < 4.78 is 13.8. The van der Waals surface area contributed by atoms with Crippen LogP contribution in [-0.4, -0.2) is 33.7 Å². The van der Waals surface area contributed by atoms with Gasteiger partial charge >= 0.3 is 0 Å². The maximum absolute atomic E-state index is 13.8. The fourth-order valence-corrected chi connectivity index (χ4v) is 2.27. The molecule has 6 nitrogen and oxygen atoms in total. The molecule has 0 fully saturated rings. The van der Waals surface area contributed by atoms with E-state index in [0.29, 0.717) is 12.8 Å². The van der Waals surface area contributed by atoms with Crippen LogP contribution in [0.1, 0.15) is 38.2 Å². The lowest BCUT2D eigenvalue weighted by atomic mass is 9.89. The van der Waals surface area contributed by atoms with Gasteiger partial charge in [-0.3, -0.25) is 14.6 Å². The van der Waals surface area contributed by atoms with Gasteiger partial charge in [0.1, 0.15) is 0 Å². The number of hydrogen-bond acceptors (Lipinski definition) is 4. The average Bonchev–Trinajstić information content (AvgIpc) is 2.50. The number of primary amides is 2. The van der Waals surface area contributed by atoms with E-state index in [1.54, 1.807) is 18.5 Å². The Labute approximate surface area is 135 Å². The number of hydrogen-bond donors (Lipinski definition) is 3. The van der Waals surface area contributed by atoms with Crippen molar-refractivity contribution in [2.75, 3.05) is 0 Å². The lowest BCUT2D eigenvalue weighted by molar-refractivity contribution is -0.130. The second kappa shape index (κ2) is 8.57. The smallest absolute Gasteiger partial charge is 0.254 e. The van der Waals surface area contributed by atoms with Gasteiger partial charge in [-0.2, -0.15) is 0 Å². The van der Waals surface area contributed by atoms with Crippen LogP contribution in [0.4, 0.5) is 4.39 Å². The quantitative estimate of drug-likeness (QED) is 0.591. The molecule has 3 atom stereocenters. The van der Waals surface area contributed by atoms with Gasteiger partial charge in [0.05, 0.1) is 6.10 Å². The number of halogens is 1. The summed E-state index contributed by atoms with van der Waals surface area (Å²) in [5.74, 6) is -2.39. The van der Waals surface area contributed by atoms with Crippen LogP contribution in [0.25, 0.3) is 0 Å². The number of carbonyl (C=O) groups is 2. The van der Waals surface area contributed by atoms with Crippen LogP contribution in [0.15, 0.2) is 24.5 Å². The fraction of sp³-hybridized carbons (Fsp3) is 0.562. The summed E-state index contributed by atoms with van der Waals surface area (Å²) in [6, 6.07) is 3.70. The SMILES string of the molecule is CC(F)(CCC(CC(O)CCc1cccnc1)C(N)=O)C(N)=O. The van der Waals surface area contributed by atoms with Gasteiger partial charge < -0.3 is 16.6 Å². The van der Waals surface area contributed by atoms with Gasteiger partial charge in [0.15, 0.2) is 5.67 Å². The van der Waals surface area contributed by atoms with Crippen molar-refractivity contribution in [2.24, 2.45) is 17.4 Å². The van der Waals surface area contributed by atoms with E-state index in [1.807, 2.05) is 6.07 Å². The van der Waals surface area contributed by atoms with Crippen molar-refractivity contribution in [3.05, 3.63) is 30.1 Å². The fourth-order valence-electron chi connectivity index (χ4n) is 2.27. The van der Waals surface area contributed by atoms with Gasteiger partial charge in [-0.15, -0.1) is 0 Å². The van der Waals surface area contributed by atoms with Crippen molar-refractivity contribution in [2.45, 2.75) is 50.8 Å². The molecule has 0 aliphatic rings. The Kier molecular flexibility index (Phi) is 7.09. The minimum atomic E-state index is -2.19. The molecule has 1 rings (SSSR count). The van der Waals surface area contributed by atoms with Crippen molar-refractivity contribution in [3.63, 3.8) is 0 Å². The minimum absolute atomic E-state index is 0.0647. The van der Waals surface area contributed by atoms with Gasteiger partial charge in [-0.05, 0) is 50.7 Å². The van der Waals surface area contributed by atoms with Gasteiger partial charge in [0, 0.05) is 18.3 Å². The Morgan fingerprint density at radius 2 is 2.09 bits per heavy atom. The molecular weight excluding hydrogens is 301 g/mol. The number of aromatic nitrogens is 1. The number of rotatable bonds is 10. The molecule has 1 aromatic heterocycles. The highest BCUT2D eigenvalue weighted by Gasteiger charge is 2.32. The standard InChI is InChI=1S/C16H24FN3O3/c1-16(17,15(19)23)7-6-12(14(18)22)9-13(21)5-4-11-3-2-8-20-10-11/h2-3,8,10,12-13,21H,4-7,9H2,1H3,(H2,18,22)(H2,19,23). The number of pyridine rings is 1. The first-order valence-corrected chi connectivity index (χ1v) is 7.57. The molecule has 0 spiro atoms. The highest BCUT2D eigenvalue weighted by atomic mass is 19.1. The highest BCUT2D eigenvalue weighted by molar-refractivity contribution is 5.83. The van der Waals surface area contributed by atoms with Crippen LogP contribution < -0.4 is 11.5 Å². The first-order chi connectivity index (χ1) is 10.7. The Bertz CT molecular complexity index is 523. The third-order valence-corrected chi connectivity index (χ3v) is 3.92. The minimum Gasteiger partial charge on any atom is -0.393 e. The van der Waals surface area contributed by atoms with E-state index in [9.17, 15) is 19.1 Å². The Morgan fingerprint density at radius 1 is 1.39 bits per heavy atom. The van der Waals surface area contributed by atoms with E-state index in [4.69, 9.17) is 11.5 Å². The second-order valence-electron chi connectivity index (χ2n) is 5.99. The molecule has 2 amide bonds. The molecule has 5 N–H and O–H groups in total. The van der Waals surface area contributed by atoms with Crippen molar-refractivity contribution in [1.82, 2.24) is 4.98 Å². The molecular formula is C16H24FN3O3. The molecule has 0 radical (unpaired) electrons. The van der Waals surface area contributed by atoms with E-state index < -0.39 is 29.5 Å². The maximum atomic E-state index is 13.8. The molecule has 1 heterocycles. The predicted molar refractivity (Wildman–Crippen MR) is 83.8 cm³/mol. The molecule has 0 aliphatic carbocycles. The maximum Gasteiger partial charge on any atom is 0.254 e. The van der Waals surface area contributed by atoms with E-state index in [0.717, 1.165) is 12.5 Å². The van der Waals surface area contributed by atoms with Gasteiger partial charge in [0.2, 0.25) is 5.91 Å². The van der Waals surface area contributed by atoms with Crippen LogP contribution >= 0.6 is 0 Å². The molecule has 0 bridgehead atoms. The zero-order valence-electron chi connectivity index (χ0n) is 13.2. The monoisotopic (exact) mass is 325 g/mol. The molecule has 23 heavy (non-hydrogen) atoms. The zero-order chi connectivity index (χ0) is 17.5. The van der Waals surface area contributed by atoms with E-state index in [1.165, 1.54) is 0 Å². The molecule has 0 saturated heterocycles. The summed E-state index contributed by atoms with van der Waals surface area (Å²) in [6.45, 7) is 1.08. The number of aryl methyl sites for hydroxylation is 1. The Morgan fingerprint density at radius 3 is 2.61 bits per heavy atom. The Hall–Kier alpha value is -2.02. The lowest BCUT2D eigenvalue weighted by Gasteiger charge is -2.21. The summed E-state index contributed by atoms with van der Waals surface area (Å²) in [5, 5.41) is 10.1. The third-order valence-electron chi connectivity index (χ3n) is 3.92. The molecule has 7 heteroatoms. The van der Waals surface area contributed by atoms with E-state index >= 15 is 0 Å². The molecule has 3 unspecified atom stereocenters. The number of amides is 2. The summed E-state index contributed by atoms with van der Waals surface area (Å²) in [7, 11) is 0. The van der Waals surface area contributed by atoms with Crippen LogP contribution in [-0.2, 0) is 16.0 Å². The number of alkyl halides is 1. The third kappa shape index (κ3) is 6.73. The average molecular weight is 325 g/mol. The van der Waals surface area contributed by atoms with Crippen LogP contribution in [0.3, 0.4) is 0 Å². The molecule has 0 aromatic carbocycles. The summed E-state index contributed by atoms with van der Waals surface area (Å²) >= 11 is 0. The number of nitrogens with two attached hydrogens (primary N) is 2. The topological polar surface area (TPSA) is 119 Å². The van der Waals surface area contributed by atoms with Gasteiger partial charge in [-0.25, -0.2) is 4.39 Å².